The van der Waals surface area contributed by atoms with Gasteiger partial charge in [0.1, 0.15) is 0 Å². The van der Waals surface area contributed by atoms with E-state index in [2.05, 4.69) is 347 Å². The molecule has 0 spiro atoms. The van der Waals surface area contributed by atoms with Crippen LogP contribution >= 0.6 is 17.0 Å². The quantitative estimate of drug-likeness (QED) is 0.120. The Labute approximate surface area is 619 Å². The molecule has 3 saturated carbocycles. The Balaban J connectivity index is 0.000000203. The Morgan fingerprint density at radius 3 is 0.929 bits per heavy atom. The van der Waals surface area contributed by atoms with Crippen molar-refractivity contribution in [3.8, 4) is 0 Å². The monoisotopic (exact) mass is 1430 g/mol. The molecule has 0 amide bonds. The van der Waals surface area contributed by atoms with E-state index >= 15 is 0 Å². The minimum atomic E-state index is -0.826. The average Bonchev–Trinajstić information content (AvgIpc) is 1.57. The molecule has 0 aliphatic heterocycles. The molecule has 8 aliphatic rings. The normalized spacial score (nSPS) is 25.4. The number of rotatable bonds is 10. The van der Waals surface area contributed by atoms with E-state index in [1.165, 1.54) is 109 Å². The molecule has 0 N–H and O–H groups in total. The van der Waals surface area contributed by atoms with Crippen molar-refractivity contribution in [3.05, 3.63) is 324 Å². The zero-order chi connectivity index (χ0) is 68.8. The summed E-state index contributed by atoms with van der Waals surface area (Å²) < 4.78 is 0. The Kier molecular flexibility index (Phi) is 23.8. The summed E-state index contributed by atoms with van der Waals surface area (Å²) in [7, 11) is 9.87. The molecule has 6 aromatic rings. The second-order valence-electron chi connectivity index (χ2n) is 34.6. The second kappa shape index (κ2) is 31.0. The molecule has 0 saturated heterocycles. The molecule has 0 heterocycles. The summed E-state index contributed by atoms with van der Waals surface area (Å²) in [5.74, 6) is 6.24. The van der Waals surface area contributed by atoms with E-state index in [-0.39, 0.29) is 41.9 Å². The zero-order valence-corrected chi connectivity index (χ0v) is 66.9. The van der Waals surface area contributed by atoms with Gasteiger partial charge in [-0.05, 0) is 206 Å². The molecule has 0 nitrogen and oxygen atoms in total. The summed E-state index contributed by atoms with van der Waals surface area (Å²) >= 11 is -0.826. The molecule has 3 fully saturated rings. The van der Waals surface area contributed by atoms with Gasteiger partial charge in [0.25, 0.3) is 0 Å². The maximum atomic E-state index is 4.93. The van der Waals surface area contributed by atoms with E-state index in [0.29, 0.717) is 71.0 Å². The summed E-state index contributed by atoms with van der Waals surface area (Å²) in [6, 6.07) is 66.3. The summed E-state index contributed by atoms with van der Waals surface area (Å²) in [5, 5.41) is 0. The van der Waals surface area contributed by atoms with Gasteiger partial charge in [0, 0.05) is 5.92 Å². The van der Waals surface area contributed by atoms with Crippen molar-refractivity contribution in [2.45, 2.75) is 153 Å². The Morgan fingerprint density at radius 2 is 0.646 bits per heavy atom. The first-order valence-corrected chi connectivity index (χ1v) is 43.1. The van der Waals surface area contributed by atoms with Crippen molar-refractivity contribution >= 4 is 39.3 Å². The van der Waals surface area contributed by atoms with Crippen LogP contribution in [0.15, 0.2) is 271 Å². The van der Waals surface area contributed by atoms with Crippen molar-refractivity contribution in [1.82, 2.24) is 0 Å². The van der Waals surface area contributed by atoms with Crippen LogP contribution in [0.4, 0.5) is 0 Å². The fraction of sp³-hybridized carbons (Fsp3) is 0.396. The number of halogens is 2. The molecule has 14 rings (SSSR count). The van der Waals surface area contributed by atoms with Crippen LogP contribution in [-0.4, -0.2) is 0 Å². The first kappa shape index (κ1) is 75.8. The van der Waals surface area contributed by atoms with Crippen LogP contribution in [0.1, 0.15) is 187 Å². The first-order valence-electron chi connectivity index (χ1n) is 36.7. The predicted octanol–water partition coefficient (Wildman–Crippen LogP) is 27.7. The van der Waals surface area contributed by atoms with Crippen molar-refractivity contribution in [1.29, 1.82) is 0 Å². The molecule has 10 unspecified atom stereocenters. The predicted molar refractivity (Wildman–Crippen MR) is 428 cm³/mol. The molecule has 6 aromatic carbocycles. The van der Waals surface area contributed by atoms with Crippen molar-refractivity contribution in [2.75, 3.05) is 0 Å². The Morgan fingerprint density at radius 1 is 0.343 bits per heavy atom. The van der Waals surface area contributed by atoms with Crippen LogP contribution < -0.4 is 0 Å². The van der Waals surface area contributed by atoms with E-state index in [1.807, 2.05) is 0 Å². The number of hydrogen-bond acceptors (Lipinski definition) is 0. The van der Waals surface area contributed by atoms with E-state index in [4.69, 9.17) is 17.0 Å². The molecule has 0 radical (unpaired) electrons. The third-order valence-electron chi connectivity index (χ3n) is 23.2. The van der Waals surface area contributed by atoms with Gasteiger partial charge in [-0.3, -0.25) is 0 Å². The molecule has 0 aromatic heterocycles. The second-order valence-corrected chi connectivity index (χ2v) is 38.4. The number of allylic oxidation sites excluding steroid dienone is 20. The fourth-order valence-electron chi connectivity index (χ4n) is 19.0. The fourth-order valence-corrected chi connectivity index (χ4v) is 19.0. The topological polar surface area (TPSA) is 0 Å². The summed E-state index contributed by atoms with van der Waals surface area (Å²) in [6.07, 6.45) is 35.8. The molecule has 8 aliphatic carbocycles. The SMILES string of the molecule is CC(C)(C)C1=CC2C3C=C(C(C)(C)C)C(c4ccccc4)=CC3C(C(C3=CCC=C3)c3ccccc3)C2C=C1c1ccccc1.CC(C)(C)C1=CC2C3C=C(C(C)(C)C)C(c4ccccc4)=CC3C(C(c3ccc(C(C)(C)C)cc3)C3CCCC3)C2C=C1c1ccccc1.[CH3-].[CH3-].[Cl][Zr+2][Cl]. The van der Waals surface area contributed by atoms with Crippen molar-refractivity contribution in [2.24, 2.45) is 86.8 Å². The third kappa shape index (κ3) is 16.0. The maximum absolute atomic E-state index is 4.93. The van der Waals surface area contributed by atoms with Crippen LogP contribution in [0, 0.1) is 102 Å². The molecular weight excluding hydrogens is 1320 g/mol. The Hall–Kier alpha value is -5.82. The number of benzene rings is 6. The van der Waals surface area contributed by atoms with Crippen molar-refractivity contribution in [3.63, 3.8) is 0 Å². The van der Waals surface area contributed by atoms with E-state index in [1.54, 1.807) is 5.56 Å². The van der Waals surface area contributed by atoms with Crippen LogP contribution in [0.5, 0.6) is 0 Å². The van der Waals surface area contributed by atoms with Crippen LogP contribution in [-0.2, 0) is 26.3 Å². The molecular formula is C96H114Cl2Zr. The van der Waals surface area contributed by atoms with Gasteiger partial charge in [-0.1, -0.05) is 359 Å². The summed E-state index contributed by atoms with van der Waals surface area (Å²) in [5.41, 5.74) is 23.6. The van der Waals surface area contributed by atoms with Gasteiger partial charge >= 0.3 is 37.9 Å². The molecule has 516 valence electrons. The number of fused-ring (bicyclic) bond motifs is 6. The van der Waals surface area contributed by atoms with Crippen LogP contribution in [0.2, 0.25) is 0 Å². The van der Waals surface area contributed by atoms with E-state index in [0.717, 1.165) is 12.3 Å². The molecule has 10 atom stereocenters. The molecule has 99 heavy (non-hydrogen) atoms. The van der Waals surface area contributed by atoms with Gasteiger partial charge in [-0.15, -0.1) is 0 Å². The summed E-state index contributed by atoms with van der Waals surface area (Å²) in [4.78, 5) is 0. The first-order chi connectivity index (χ1) is 46.2. The third-order valence-corrected chi connectivity index (χ3v) is 23.2. The zero-order valence-electron chi connectivity index (χ0n) is 62.9. The summed E-state index contributed by atoms with van der Waals surface area (Å²) in [6.45, 7) is 35.9. The van der Waals surface area contributed by atoms with Gasteiger partial charge in [-0.2, -0.15) is 0 Å². The average molecular weight is 1430 g/mol. The van der Waals surface area contributed by atoms with Gasteiger partial charge in [0.05, 0.1) is 0 Å². The molecule has 0 bridgehead atoms. The van der Waals surface area contributed by atoms with E-state index in [9.17, 15) is 0 Å². The van der Waals surface area contributed by atoms with Gasteiger partial charge in [0.2, 0.25) is 0 Å². The Bertz CT molecular complexity index is 3860. The van der Waals surface area contributed by atoms with E-state index < -0.39 is 20.8 Å². The van der Waals surface area contributed by atoms with Gasteiger partial charge in [-0.25, -0.2) is 0 Å². The minimum absolute atomic E-state index is 0. The molecule has 3 heteroatoms. The van der Waals surface area contributed by atoms with Crippen LogP contribution in [0.25, 0.3) is 22.3 Å². The van der Waals surface area contributed by atoms with Gasteiger partial charge < -0.3 is 14.9 Å². The van der Waals surface area contributed by atoms with Crippen LogP contribution in [0.3, 0.4) is 0 Å². The standard InChI is InChI=1S/C49H60.C45H48.2CH3.2ClH.Zr/c1-47(2,3)36-26-24-35(25-27-36)45(34-22-16-17-23-34)46-41-28-37(32-18-12-10-13-19-32)43(48(4,5)6)30-39(41)40-31-44(49(7,8)9)38(29-42(40)46)33-20-14-11-15-21-33;1-44(2,3)40-28-36-37-29-41(45(4,5)6)35(31-20-12-8-13-21-31)27-39(37)43(38(36)26-34(40)30-18-10-7-11-19-30)42(33-24-16-17-25-33)32-22-14-9-15-23-32;;;;;/h10-15,18-21,24-31,34,39-42,45-46H,16-17,22-23H2,1-9H3;7-16,18-29,36-39,42-43H,17H2,1-6H3;2*1H3;2*1H;/q;;2*-1;;;+4/p-2. The number of hydrogen-bond donors (Lipinski definition) is 0. The van der Waals surface area contributed by atoms with Crippen molar-refractivity contribution < 1.29 is 20.8 Å². The van der Waals surface area contributed by atoms with Gasteiger partial charge in [0.15, 0.2) is 0 Å².